The van der Waals surface area contributed by atoms with Crippen LogP contribution in [0.5, 0.6) is 17.4 Å². The van der Waals surface area contributed by atoms with E-state index in [0.29, 0.717) is 30.5 Å². The highest BCUT2D eigenvalue weighted by Gasteiger charge is 2.40. The third-order valence-corrected chi connectivity index (χ3v) is 6.01. The van der Waals surface area contributed by atoms with Gasteiger partial charge in [0.05, 0.1) is 44.8 Å². The minimum atomic E-state index is -0.622. The lowest BCUT2D eigenvalue weighted by Crippen LogP contribution is -2.20. The van der Waals surface area contributed by atoms with E-state index in [1.165, 1.54) is 11.3 Å². The summed E-state index contributed by atoms with van der Waals surface area (Å²) in [5.74, 6) is 1.83. The number of fused-ring (bicyclic) bond motifs is 1. The molecule has 3 aromatic rings. The minimum Gasteiger partial charge on any atom is -0.496 e. The van der Waals surface area contributed by atoms with Crippen LogP contribution in [0.25, 0.3) is 16.1 Å². The Morgan fingerprint density at radius 1 is 1.14 bits per heavy atom. The average Bonchev–Trinajstić information content (AvgIpc) is 3.18. The molecule has 156 valence electrons. The Labute approximate surface area is 173 Å². The molecule has 9 heteroatoms. The van der Waals surface area contributed by atoms with E-state index < -0.39 is 5.60 Å². The number of anilines is 1. The SMILES string of the molecule is COCc1cc(OC)c(-c2csc3c(NCC4(O)CC4)c(OC)nn23)c(OC)c1. The summed E-state index contributed by atoms with van der Waals surface area (Å²) in [4.78, 5) is 0.895. The van der Waals surface area contributed by atoms with Crippen molar-refractivity contribution >= 4 is 21.9 Å². The van der Waals surface area contributed by atoms with Gasteiger partial charge in [0, 0.05) is 19.0 Å². The summed E-state index contributed by atoms with van der Waals surface area (Å²) in [6.07, 6.45) is 1.62. The fourth-order valence-electron chi connectivity index (χ4n) is 3.32. The van der Waals surface area contributed by atoms with Gasteiger partial charge in [0.1, 0.15) is 22.0 Å². The third kappa shape index (κ3) is 3.61. The summed E-state index contributed by atoms with van der Waals surface area (Å²) in [7, 11) is 6.50. The van der Waals surface area contributed by atoms with Crippen molar-refractivity contribution in [1.82, 2.24) is 9.61 Å². The van der Waals surface area contributed by atoms with E-state index in [2.05, 4.69) is 10.4 Å². The molecular weight excluding hydrogens is 394 g/mol. The molecule has 0 aliphatic heterocycles. The van der Waals surface area contributed by atoms with Crippen molar-refractivity contribution in [2.45, 2.75) is 25.0 Å². The summed E-state index contributed by atoms with van der Waals surface area (Å²) in [6, 6.07) is 3.88. The molecule has 0 radical (unpaired) electrons. The highest BCUT2D eigenvalue weighted by molar-refractivity contribution is 7.16. The van der Waals surface area contributed by atoms with E-state index in [-0.39, 0.29) is 0 Å². The van der Waals surface area contributed by atoms with Gasteiger partial charge in [0.15, 0.2) is 0 Å². The molecule has 0 spiro atoms. The number of aromatic nitrogens is 2. The Hall–Kier alpha value is -2.49. The molecule has 1 aromatic carbocycles. The average molecular weight is 420 g/mol. The van der Waals surface area contributed by atoms with E-state index in [1.54, 1.807) is 28.4 Å². The molecule has 2 aromatic heterocycles. The monoisotopic (exact) mass is 419 g/mol. The number of nitrogens with one attached hydrogen (secondary N) is 1. The number of benzene rings is 1. The second kappa shape index (κ2) is 7.74. The van der Waals surface area contributed by atoms with Crippen LogP contribution in [0, 0.1) is 0 Å². The highest BCUT2D eigenvalue weighted by Crippen LogP contribution is 2.44. The van der Waals surface area contributed by atoms with Crippen LogP contribution in [0.3, 0.4) is 0 Å². The topological polar surface area (TPSA) is 86.5 Å². The molecule has 1 fully saturated rings. The van der Waals surface area contributed by atoms with Gasteiger partial charge in [-0.15, -0.1) is 16.4 Å². The van der Waals surface area contributed by atoms with Gasteiger partial charge >= 0.3 is 0 Å². The van der Waals surface area contributed by atoms with Crippen LogP contribution >= 0.6 is 11.3 Å². The van der Waals surface area contributed by atoms with Gasteiger partial charge in [-0.2, -0.15) is 0 Å². The lowest BCUT2D eigenvalue weighted by Gasteiger charge is -2.14. The van der Waals surface area contributed by atoms with Gasteiger partial charge in [0.25, 0.3) is 5.88 Å². The predicted octanol–water partition coefficient (Wildman–Crippen LogP) is 3.17. The highest BCUT2D eigenvalue weighted by atomic mass is 32.1. The van der Waals surface area contributed by atoms with Crippen LogP contribution in [0.2, 0.25) is 0 Å². The Kier molecular flexibility index (Phi) is 5.28. The van der Waals surface area contributed by atoms with Crippen molar-refractivity contribution in [1.29, 1.82) is 0 Å². The zero-order valence-electron chi connectivity index (χ0n) is 16.9. The predicted molar refractivity (Wildman–Crippen MR) is 112 cm³/mol. The van der Waals surface area contributed by atoms with Crippen molar-refractivity contribution in [2.75, 3.05) is 40.3 Å². The molecule has 0 bridgehead atoms. The van der Waals surface area contributed by atoms with E-state index in [0.717, 1.165) is 40.2 Å². The van der Waals surface area contributed by atoms with Crippen LogP contribution in [-0.2, 0) is 11.3 Å². The van der Waals surface area contributed by atoms with E-state index in [4.69, 9.17) is 18.9 Å². The van der Waals surface area contributed by atoms with Crippen molar-refractivity contribution in [3.63, 3.8) is 0 Å². The van der Waals surface area contributed by atoms with Crippen molar-refractivity contribution < 1.29 is 24.1 Å². The van der Waals surface area contributed by atoms with E-state index in [9.17, 15) is 5.11 Å². The van der Waals surface area contributed by atoms with Gasteiger partial charge in [-0.25, -0.2) is 4.52 Å². The Balaban J connectivity index is 1.81. The number of nitrogens with zero attached hydrogens (tertiary/aromatic N) is 2. The Bertz CT molecular complexity index is 1000. The molecule has 2 heterocycles. The summed E-state index contributed by atoms with van der Waals surface area (Å²) in [5.41, 5.74) is 2.74. The van der Waals surface area contributed by atoms with Crippen molar-refractivity contribution in [3.05, 3.63) is 23.1 Å². The largest absolute Gasteiger partial charge is 0.496 e. The van der Waals surface area contributed by atoms with Gasteiger partial charge in [-0.05, 0) is 30.5 Å². The summed E-state index contributed by atoms with van der Waals surface area (Å²) >= 11 is 1.54. The molecule has 29 heavy (non-hydrogen) atoms. The van der Waals surface area contributed by atoms with Gasteiger partial charge < -0.3 is 29.4 Å². The van der Waals surface area contributed by atoms with Crippen LogP contribution in [-0.4, -0.2) is 55.3 Å². The summed E-state index contributed by atoms with van der Waals surface area (Å²) in [6.45, 7) is 0.926. The molecule has 8 nitrogen and oxygen atoms in total. The maximum Gasteiger partial charge on any atom is 0.258 e. The maximum atomic E-state index is 10.2. The summed E-state index contributed by atoms with van der Waals surface area (Å²) in [5, 5.41) is 20.1. The molecule has 0 unspecified atom stereocenters. The van der Waals surface area contributed by atoms with E-state index >= 15 is 0 Å². The van der Waals surface area contributed by atoms with Crippen LogP contribution < -0.4 is 19.5 Å². The number of aliphatic hydroxyl groups is 1. The first kappa shape index (κ1) is 19.8. The fraction of sp³-hybridized carbons (Fsp3) is 0.450. The molecule has 1 saturated carbocycles. The molecule has 0 amide bonds. The lowest BCUT2D eigenvalue weighted by molar-refractivity contribution is 0.164. The van der Waals surface area contributed by atoms with Crippen LogP contribution in [0.4, 0.5) is 5.69 Å². The first-order valence-corrected chi connectivity index (χ1v) is 10.2. The summed E-state index contributed by atoms with van der Waals surface area (Å²) < 4.78 is 23.9. The smallest absolute Gasteiger partial charge is 0.258 e. The van der Waals surface area contributed by atoms with Crippen LogP contribution in [0.1, 0.15) is 18.4 Å². The van der Waals surface area contributed by atoms with Crippen LogP contribution in [0.15, 0.2) is 17.5 Å². The second-order valence-electron chi connectivity index (χ2n) is 7.11. The number of ether oxygens (including phenoxy) is 4. The Morgan fingerprint density at radius 3 is 2.38 bits per heavy atom. The zero-order valence-corrected chi connectivity index (χ0v) is 17.8. The lowest BCUT2D eigenvalue weighted by atomic mass is 10.1. The molecular formula is C20H25N3O5S. The fourth-order valence-corrected chi connectivity index (χ4v) is 4.28. The van der Waals surface area contributed by atoms with Gasteiger partial charge in [-0.3, -0.25) is 0 Å². The number of hydrogen-bond donors (Lipinski definition) is 2. The number of hydrogen-bond acceptors (Lipinski definition) is 8. The first-order chi connectivity index (χ1) is 14.0. The maximum absolute atomic E-state index is 10.2. The minimum absolute atomic E-state index is 0.457. The number of methoxy groups -OCH3 is 4. The van der Waals surface area contributed by atoms with Crippen molar-refractivity contribution in [2.24, 2.45) is 0 Å². The molecule has 2 N–H and O–H groups in total. The molecule has 4 rings (SSSR count). The normalized spacial score (nSPS) is 14.8. The zero-order chi connectivity index (χ0) is 20.6. The first-order valence-electron chi connectivity index (χ1n) is 9.28. The van der Waals surface area contributed by atoms with Gasteiger partial charge in [-0.1, -0.05) is 0 Å². The molecule has 1 aliphatic rings. The second-order valence-corrected chi connectivity index (χ2v) is 7.97. The molecule has 1 aliphatic carbocycles. The molecule has 0 atom stereocenters. The van der Waals surface area contributed by atoms with E-state index in [1.807, 2.05) is 22.0 Å². The third-order valence-electron chi connectivity index (χ3n) is 5.07. The molecule has 0 saturated heterocycles. The number of thiazole rings is 1. The standard InChI is InChI=1S/C20H25N3O5S/c1-25-9-12-7-14(26-2)16(15(8-12)27-3)13-10-29-19-17(18(28-4)22-23(13)19)21-11-20(24)5-6-20/h7-8,10,21,24H,5-6,9,11H2,1-4H3. The van der Waals surface area contributed by atoms with Gasteiger partial charge in [0.2, 0.25) is 0 Å². The number of rotatable bonds is 9. The Morgan fingerprint density at radius 2 is 1.83 bits per heavy atom. The quantitative estimate of drug-likeness (QED) is 0.551. The van der Waals surface area contributed by atoms with Crippen molar-refractivity contribution in [3.8, 4) is 28.6 Å².